The van der Waals surface area contributed by atoms with Gasteiger partial charge in [-0.25, -0.2) is 0 Å². The van der Waals surface area contributed by atoms with Gasteiger partial charge in [-0.1, -0.05) is 18.2 Å². The van der Waals surface area contributed by atoms with Crippen molar-refractivity contribution in [2.45, 2.75) is 6.92 Å². The minimum atomic E-state index is -0.503. The largest absolute Gasteiger partial charge is 0.370 e. The molecule has 1 aromatic rings. The van der Waals surface area contributed by atoms with Gasteiger partial charge in [0.25, 0.3) is 0 Å². The van der Waals surface area contributed by atoms with Crippen LogP contribution in [0.4, 0.5) is 5.69 Å². The molecule has 6 nitrogen and oxygen atoms in total. The number of nitrogens with two attached hydrogens (primary N) is 1. The summed E-state index contributed by atoms with van der Waals surface area (Å²) in [4.78, 5) is 22.0. The molecule has 0 bridgehead atoms. The number of primary amides is 1. The first-order valence-corrected chi connectivity index (χ1v) is 6.02. The maximum Gasteiger partial charge on any atom is 0.243 e. The quantitative estimate of drug-likeness (QED) is 0.578. The van der Waals surface area contributed by atoms with Crippen LogP contribution in [0, 0.1) is 6.92 Å². The highest BCUT2D eigenvalue weighted by molar-refractivity contribution is 5.92. The van der Waals surface area contributed by atoms with Gasteiger partial charge in [-0.05, 0) is 18.6 Å². The molecule has 0 atom stereocenters. The number of ether oxygens (including phenoxy) is 1. The number of para-hydroxylation sites is 1. The highest BCUT2D eigenvalue weighted by Gasteiger charge is 2.03. The lowest BCUT2D eigenvalue weighted by Crippen LogP contribution is -2.31. The number of hydrogen-bond donors (Lipinski definition) is 3. The Labute approximate surface area is 112 Å². The van der Waals surface area contributed by atoms with E-state index in [1.807, 2.05) is 31.2 Å². The van der Waals surface area contributed by atoms with Crippen LogP contribution in [0.25, 0.3) is 0 Å². The van der Waals surface area contributed by atoms with Crippen LogP contribution in [-0.2, 0) is 14.3 Å². The van der Waals surface area contributed by atoms with Crippen molar-refractivity contribution >= 4 is 17.5 Å². The third kappa shape index (κ3) is 6.54. The number of carbonyl (C=O) groups excluding carboxylic acids is 2. The fourth-order valence-electron chi connectivity index (χ4n) is 1.43. The van der Waals surface area contributed by atoms with E-state index in [1.165, 1.54) is 0 Å². The molecule has 4 N–H and O–H groups in total. The predicted molar refractivity (Wildman–Crippen MR) is 72.7 cm³/mol. The van der Waals surface area contributed by atoms with Crippen LogP contribution < -0.4 is 16.4 Å². The lowest BCUT2D eigenvalue weighted by molar-refractivity contribution is -0.122. The number of hydrogen-bond acceptors (Lipinski definition) is 4. The van der Waals surface area contributed by atoms with E-state index in [9.17, 15) is 9.59 Å². The van der Waals surface area contributed by atoms with E-state index < -0.39 is 5.91 Å². The van der Waals surface area contributed by atoms with Crippen LogP contribution in [0.5, 0.6) is 0 Å². The summed E-state index contributed by atoms with van der Waals surface area (Å²) in [7, 11) is 0. The summed E-state index contributed by atoms with van der Waals surface area (Å²) in [6.07, 6.45) is 0. The lowest BCUT2D eigenvalue weighted by atomic mass is 10.2. The molecule has 0 fully saturated rings. The first kappa shape index (κ1) is 15.1. The van der Waals surface area contributed by atoms with Crippen LogP contribution in [0.1, 0.15) is 5.56 Å². The van der Waals surface area contributed by atoms with Gasteiger partial charge in [-0.2, -0.15) is 0 Å². The van der Waals surface area contributed by atoms with Gasteiger partial charge in [-0.3, -0.25) is 9.59 Å². The smallest absolute Gasteiger partial charge is 0.243 e. The fourth-order valence-corrected chi connectivity index (χ4v) is 1.43. The summed E-state index contributed by atoms with van der Waals surface area (Å²) in [5.41, 5.74) is 6.73. The molecule has 0 saturated heterocycles. The molecule has 104 valence electrons. The number of carbonyl (C=O) groups is 2. The van der Waals surface area contributed by atoms with Crippen molar-refractivity contribution in [2.24, 2.45) is 5.73 Å². The fraction of sp³-hybridized carbons (Fsp3) is 0.385. The zero-order valence-electron chi connectivity index (χ0n) is 10.9. The monoisotopic (exact) mass is 265 g/mol. The van der Waals surface area contributed by atoms with Gasteiger partial charge in [-0.15, -0.1) is 0 Å². The summed E-state index contributed by atoms with van der Waals surface area (Å²) >= 11 is 0. The molecule has 0 saturated carbocycles. The molecule has 2 amide bonds. The number of rotatable bonds is 8. The summed E-state index contributed by atoms with van der Waals surface area (Å²) in [5, 5.41) is 5.71. The molecule has 0 aliphatic carbocycles. The van der Waals surface area contributed by atoms with Crippen molar-refractivity contribution in [3.63, 3.8) is 0 Å². The third-order valence-electron chi connectivity index (χ3n) is 2.37. The average Bonchev–Trinajstić information content (AvgIpc) is 2.36. The van der Waals surface area contributed by atoms with Crippen molar-refractivity contribution in [1.82, 2.24) is 5.32 Å². The minimum absolute atomic E-state index is 0.100. The van der Waals surface area contributed by atoms with Gasteiger partial charge in [0, 0.05) is 12.2 Å². The lowest BCUT2D eigenvalue weighted by Gasteiger charge is -2.08. The number of nitrogens with one attached hydrogen (secondary N) is 2. The van der Waals surface area contributed by atoms with Crippen molar-refractivity contribution in [3.05, 3.63) is 29.8 Å². The molecule has 0 radical (unpaired) electrons. The van der Waals surface area contributed by atoms with Crippen LogP contribution in [0.15, 0.2) is 24.3 Å². The maximum absolute atomic E-state index is 11.6. The molecule has 0 spiro atoms. The molecule has 0 aliphatic rings. The second kappa shape index (κ2) is 8.23. The molecule has 19 heavy (non-hydrogen) atoms. The Bertz CT molecular complexity index is 435. The Morgan fingerprint density at radius 1 is 1.32 bits per heavy atom. The van der Waals surface area contributed by atoms with Crippen LogP contribution in [0.2, 0.25) is 0 Å². The Balaban J connectivity index is 2.15. The highest BCUT2D eigenvalue weighted by Crippen LogP contribution is 2.12. The molecule has 0 unspecified atom stereocenters. The van der Waals surface area contributed by atoms with E-state index >= 15 is 0 Å². The first-order valence-electron chi connectivity index (χ1n) is 6.02. The summed E-state index contributed by atoms with van der Waals surface area (Å²) < 4.78 is 4.95. The molecule has 6 heteroatoms. The van der Waals surface area contributed by atoms with Crippen molar-refractivity contribution in [2.75, 3.05) is 31.6 Å². The van der Waals surface area contributed by atoms with Gasteiger partial charge in [0.1, 0.15) is 6.61 Å². The van der Waals surface area contributed by atoms with Crippen molar-refractivity contribution in [1.29, 1.82) is 0 Å². The zero-order valence-corrected chi connectivity index (χ0v) is 10.9. The molecule has 0 aliphatic heterocycles. The second-order valence-electron chi connectivity index (χ2n) is 4.06. The predicted octanol–water partition coefficient (Wildman–Crippen LogP) is 0.0250. The van der Waals surface area contributed by atoms with Crippen LogP contribution >= 0.6 is 0 Å². The summed E-state index contributed by atoms with van der Waals surface area (Å²) in [6, 6.07) is 7.57. The molecule has 0 aromatic heterocycles. The average molecular weight is 265 g/mol. The van der Waals surface area contributed by atoms with E-state index in [-0.39, 0.29) is 19.1 Å². The van der Waals surface area contributed by atoms with Crippen LogP contribution in [-0.4, -0.2) is 38.1 Å². The van der Waals surface area contributed by atoms with Gasteiger partial charge < -0.3 is 21.1 Å². The second-order valence-corrected chi connectivity index (χ2v) is 4.06. The van der Waals surface area contributed by atoms with Crippen molar-refractivity contribution < 1.29 is 14.3 Å². The zero-order chi connectivity index (χ0) is 14.1. The van der Waals surface area contributed by atoms with E-state index in [0.29, 0.717) is 13.2 Å². The number of aryl methyl sites for hydroxylation is 1. The van der Waals surface area contributed by atoms with E-state index in [1.54, 1.807) is 0 Å². The third-order valence-corrected chi connectivity index (χ3v) is 2.37. The number of amides is 2. The van der Waals surface area contributed by atoms with Crippen LogP contribution in [0.3, 0.4) is 0 Å². The standard InChI is InChI=1S/C13H19N3O3/c1-10-4-2-3-5-11(10)16-13(18)8-15-6-7-19-9-12(14)17/h2-5,15H,6-9H2,1H3,(H2,14,17)(H,16,18). The highest BCUT2D eigenvalue weighted by atomic mass is 16.5. The molecule has 0 heterocycles. The van der Waals surface area contributed by atoms with Gasteiger partial charge in [0.2, 0.25) is 11.8 Å². The number of benzene rings is 1. The van der Waals surface area contributed by atoms with E-state index in [0.717, 1.165) is 11.3 Å². The summed E-state index contributed by atoms with van der Waals surface area (Å²) in [5.74, 6) is -0.624. The Kier molecular flexibility index (Phi) is 6.56. The van der Waals surface area contributed by atoms with Gasteiger partial charge >= 0.3 is 0 Å². The number of anilines is 1. The molecule has 1 aromatic carbocycles. The minimum Gasteiger partial charge on any atom is -0.370 e. The van der Waals surface area contributed by atoms with Gasteiger partial charge in [0.05, 0.1) is 13.2 Å². The molecule has 1 rings (SSSR count). The van der Waals surface area contributed by atoms with Crippen molar-refractivity contribution in [3.8, 4) is 0 Å². The normalized spacial score (nSPS) is 10.2. The SMILES string of the molecule is Cc1ccccc1NC(=O)CNCCOCC(N)=O. The van der Waals surface area contributed by atoms with E-state index in [4.69, 9.17) is 10.5 Å². The van der Waals surface area contributed by atoms with Gasteiger partial charge in [0.15, 0.2) is 0 Å². The maximum atomic E-state index is 11.6. The Morgan fingerprint density at radius 2 is 2.05 bits per heavy atom. The molecular formula is C13H19N3O3. The molecular weight excluding hydrogens is 246 g/mol. The first-order chi connectivity index (χ1) is 9.09. The summed E-state index contributed by atoms with van der Waals surface area (Å²) in [6.45, 7) is 2.83. The van der Waals surface area contributed by atoms with E-state index in [2.05, 4.69) is 10.6 Å². The Hall–Kier alpha value is -1.92. The topological polar surface area (TPSA) is 93.4 Å². The Morgan fingerprint density at radius 3 is 2.74 bits per heavy atom.